The minimum Gasteiger partial charge on any atom is -0.351 e. The molecule has 3 N–H and O–H groups in total. The molecule has 0 rings (SSSR count). The van der Waals surface area contributed by atoms with Crippen LogP contribution in [0.1, 0.15) is 6.92 Å². The van der Waals surface area contributed by atoms with Gasteiger partial charge in [-0.05, 0) is 6.92 Å². The molecule has 0 spiro atoms. The van der Waals surface area contributed by atoms with Crippen LogP contribution in [0.3, 0.4) is 0 Å². The van der Waals surface area contributed by atoms with Crippen LogP contribution in [0.5, 0.6) is 0 Å². The highest BCUT2D eigenvalue weighted by Gasteiger charge is 2.11. The second-order valence-corrected chi connectivity index (χ2v) is 2.17. The van der Waals surface area contributed by atoms with Crippen LogP contribution in [0.15, 0.2) is 0 Å². The van der Waals surface area contributed by atoms with E-state index < -0.39 is 17.3 Å². The van der Waals surface area contributed by atoms with Gasteiger partial charge in [0, 0.05) is 6.54 Å². The summed E-state index contributed by atoms with van der Waals surface area (Å²) in [5.41, 5.74) is 4.68. The molecule has 0 saturated heterocycles. The Morgan fingerprint density at radius 2 is 2.33 bits per heavy atom. The van der Waals surface area contributed by atoms with Crippen molar-refractivity contribution in [2.75, 3.05) is 6.54 Å². The molecule has 54 valence electrons. The van der Waals surface area contributed by atoms with Crippen LogP contribution in [0, 0.1) is 0 Å². The lowest BCUT2D eigenvalue weighted by atomic mass is 10.7. The summed E-state index contributed by atoms with van der Waals surface area (Å²) in [6, 6.07) is -0.890. The van der Waals surface area contributed by atoms with Gasteiger partial charge in [0.1, 0.15) is 0 Å². The Morgan fingerprint density at radius 1 is 1.89 bits per heavy atom. The Hall–Kier alpha value is -0.620. The number of nitrogens with zero attached hydrogens (tertiary/aromatic N) is 1. The molecule has 0 saturated carbocycles. The fourth-order valence-corrected chi connectivity index (χ4v) is 0.718. The highest BCUT2D eigenvalue weighted by atomic mass is 32.2. The third-order valence-electron chi connectivity index (χ3n) is 0.722. The molecule has 0 aliphatic heterocycles. The Labute approximate surface area is 55.2 Å². The van der Waals surface area contributed by atoms with E-state index in [9.17, 15) is 9.00 Å². The molecule has 6 heteroatoms. The molecule has 2 amide bonds. The first-order chi connectivity index (χ1) is 4.09. The fraction of sp³-hybridized carbons (Fsp3) is 0.667. The highest BCUT2D eigenvalue weighted by Crippen LogP contribution is 1.88. The number of hydrogen-bond acceptors (Lipinski definition) is 2. The zero-order chi connectivity index (χ0) is 7.44. The van der Waals surface area contributed by atoms with Crippen molar-refractivity contribution in [1.82, 2.24) is 4.31 Å². The van der Waals surface area contributed by atoms with Crippen LogP contribution >= 0.6 is 0 Å². The number of rotatable bonds is 2. The van der Waals surface area contributed by atoms with Gasteiger partial charge in [-0.1, -0.05) is 0 Å². The highest BCUT2D eigenvalue weighted by molar-refractivity contribution is 7.77. The lowest BCUT2D eigenvalue weighted by Gasteiger charge is -2.10. The van der Waals surface area contributed by atoms with Gasteiger partial charge in [0.25, 0.3) is 11.3 Å². The number of carbonyl (C=O) groups excluding carboxylic acids is 1. The summed E-state index contributed by atoms with van der Waals surface area (Å²) in [7, 11) is 0. The minimum absolute atomic E-state index is 0.137. The maximum Gasteiger partial charge on any atom is 0.328 e. The lowest BCUT2D eigenvalue weighted by molar-refractivity contribution is 0.233. The predicted octanol–water partition coefficient (Wildman–Crippen LogP) is -0.476. The number of amides is 2. The van der Waals surface area contributed by atoms with E-state index in [4.69, 9.17) is 4.55 Å². The van der Waals surface area contributed by atoms with Crippen molar-refractivity contribution < 1.29 is 13.6 Å². The summed E-state index contributed by atoms with van der Waals surface area (Å²) in [6.07, 6.45) is 0. The summed E-state index contributed by atoms with van der Waals surface area (Å²) in [6.45, 7) is 1.69. The van der Waals surface area contributed by atoms with E-state index in [-0.39, 0.29) is 6.54 Å². The van der Waals surface area contributed by atoms with Gasteiger partial charge in [0.2, 0.25) is 0 Å². The first-order valence-corrected chi connectivity index (χ1v) is 3.34. The molecule has 0 heterocycles. The van der Waals surface area contributed by atoms with E-state index in [1.165, 1.54) is 0 Å². The second kappa shape index (κ2) is 3.41. The fourth-order valence-electron chi connectivity index (χ4n) is 0.343. The third kappa shape index (κ3) is 2.43. The SMILES string of the molecule is CCN(C(N)=O)S(=O)O. The van der Waals surface area contributed by atoms with E-state index >= 15 is 0 Å². The Bertz CT molecular complexity index is 123. The summed E-state index contributed by atoms with van der Waals surface area (Å²) >= 11 is -2.27. The molecule has 0 aliphatic carbocycles. The number of hydrogen-bond donors (Lipinski definition) is 2. The van der Waals surface area contributed by atoms with Gasteiger partial charge in [0.05, 0.1) is 0 Å². The monoisotopic (exact) mass is 152 g/mol. The lowest BCUT2D eigenvalue weighted by Crippen LogP contribution is -2.36. The van der Waals surface area contributed by atoms with E-state index in [1.54, 1.807) is 6.92 Å². The van der Waals surface area contributed by atoms with Crippen molar-refractivity contribution in [3.8, 4) is 0 Å². The van der Waals surface area contributed by atoms with Crippen molar-refractivity contribution in [3.63, 3.8) is 0 Å². The molecule has 1 unspecified atom stereocenters. The zero-order valence-electron chi connectivity index (χ0n) is 4.90. The molecule has 1 atom stereocenters. The zero-order valence-corrected chi connectivity index (χ0v) is 5.72. The number of nitrogens with two attached hydrogens (primary N) is 1. The van der Waals surface area contributed by atoms with Gasteiger partial charge >= 0.3 is 6.03 Å². The Kier molecular flexibility index (Phi) is 3.18. The molecular weight excluding hydrogens is 144 g/mol. The molecule has 0 radical (unpaired) electrons. The summed E-state index contributed by atoms with van der Waals surface area (Å²) < 4.78 is 19.0. The van der Waals surface area contributed by atoms with Crippen LogP contribution in [0.4, 0.5) is 4.79 Å². The Morgan fingerprint density at radius 3 is 2.33 bits per heavy atom. The predicted molar refractivity (Wildman–Crippen MR) is 32.7 cm³/mol. The Balaban J connectivity index is 3.99. The molecule has 5 nitrogen and oxygen atoms in total. The second-order valence-electron chi connectivity index (χ2n) is 1.26. The van der Waals surface area contributed by atoms with Gasteiger partial charge < -0.3 is 5.73 Å². The molecule has 0 aromatic carbocycles. The average Bonchev–Trinajstić information content (AvgIpc) is 1.64. The van der Waals surface area contributed by atoms with E-state index in [0.29, 0.717) is 4.31 Å². The maximum absolute atomic E-state index is 10.2. The van der Waals surface area contributed by atoms with Crippen molar-refractivity contribution in [3.05, 3.63) is 0 Å². The van der Waals surface area contributed by atoms with Gasteiger partial charge in [-0.2, -0.15) is 0 Å². The largest absolute Gasteiger partial charge is 0.351 e. The van der Waals surface area contributed by atoms with Crippen LogP contribution in [0.2, 0.25) is 0 Å². The number of primary amides is 1. The maximum atomic E-state index is 10.2. The number of carbonyl (C=O) groups is 1. The molecule has 9 heavy (non-hydrogen) atoms. The van der Waals surface area contributed by atoms with Gasteiger partial charge in [-0.25, -0.2) is 13.3 Å². The van der Waals surface area contributed by atoms with E-state index in [0.717, 1.165) is 0 Å². The molecule has 0 fully saturated rings. The van der Waals surface area contributed by atoms with Gasteiger partial charge in [-0.15, -0.1) is 0 Å². The third-order valence-corrected chi connectivity index (χ3v) is 1.54. The van der Waals surface area contributed by atoms with Gasteiger partial charge in [-0.3, -0.25) is 4.55 Å². The summed E-state index contributed by atoms with van der Waals surface area (Å²) in [5.74, 6) is 0. The van der Waals surface area contributed by atoms with E-state index in [1.807, 2.05) is 0 Å². The van der Waals surface area contributed by atoms with Crippen LogP contribution in [-0.2, 0) is 11.3 Å². The number of urea groups is 1. The van der Waals surface area contributed by atoms with Crippen molar-refractivity contribution >= 4 is 17.3 Å². The van der Waals surface area contributed by atoms with Crippen molar-refractivity contribution in [2.45, 2.75) is 6.92 Å². The first kappa shape index (κ1) is 8.38. The summed E-state index contributed by atoms with van der Waals surface area (Å²) in [5, 5.41) is 0. The van der Waals surface area contributed by atoms with Crippen molar-refractivity contribution in [1.29, 1.82) is 0 Å². The summed E-state index contributed by atoms with van der Waals surface area (Å²) in [4.78, 5) is 10.2. The molecule has 0 aliphatic rings. The average molecular weight is 152 g/mol. The first-order valence-electron chi connectivity index (χ1n) is 2.27. The standard InChI is InChI=1S/C3H8N2O3S/c1-2-5(3(4)6)9(7)8/h2H2,1H3,(H2,4,6)(H,7,8). The molecule has 0 aromatic rings. The normalized spacial score (nSPS) is 12.7. The smallest absolute Gasteiger partial charge is 0.328 e. The molecular formula is C3H8N2O3S. The van der Waals surface area contributed by atoms with Crippen LogP contribution in [-0.4, -0.2) is 25.6 Å². The molecule has 0 aromatic heterocycles. The minimum atomic E-state index is -2.27. The van der Waals surface area contributed by atoms with Gasteiger partial charge in [0.15, 0.2) is 0 Å². The van der Waals surface area contributed by atoms with Crippen molar-refractivity contribution in [2.24, 2.45) is 5.73 Å². The molecule has 0 bridgehead atoms. The topological polar surface area (TPSA) is 83.6 Å². The van der Waals surface area contributed by atoms with Crippen LogP contribution < -0.4 is 5.73 Å². The quantitative estimate of drug-likeness (QED) is 0.524. The van der Waals surface area contributed by atoms with Crippen LogP contribution in [0.25, 0.3) is 0 Å². The van der Waals surface area contributed by atoms with E-state index in [2.05, 4.69) is 5.73 Å².